The van der Waals surface area contributed by atoms with E-state index in [0.717, 1.165) is 0 Å². The SMILES string of the molecule is C/C(=N\NC(N)=S)c1c(Cl)cccc1NC=O.c1ccccc1. The third-order valence-corrected chi connectivity index (χ3v) is 3.00. The van der Waals surface area contributed by atoms with Crippen LogP contribution in [0.1, 0.15) is 12.5 Å². The summed E-state index contributed by atoms with van der Waals surface area (Å²) in [6.07, 6.45) is 0.573. The second-order valence-electron chi connectivity index (χ2n) is 4.25. The first-order valence-corrected chi connectivity index (χ1v) is 7.43. The number of nitrogens with two attached hydrogens (primary N) is 1. The molecule has 0 spiro atoms. The maximum Gasteiger partial charge on any atom is 0.211 e. The number of amides is 1. The van der Waals surface area contributed by atoms with Crippen molar-refractivity contribution in [2.75, 3.05) is 5.32 Å². The van der Waals surface area contributed by atoms with Crippen LogP contribution in [0.2, 0.25) is 5.02 Å². The molecule has 0 unspecified atom stereocenters. The van der Waals surface area contributed by atoms with Crippen molar-refractivity contribution in [3.05, 3.63) is 65.2 Å². The lowest BCUT2D eigenvalue weighted by molar-refractivity contribution is -0.105. The monoisotopic (exact) mass is 348 g/mol. The van der Waals surface area contributed by atoms with Gasteiger partial charge in [-0.1, -0.05) is 54.1 Å². The molecular formula is C16H17ClN4OS. The van der Waals surface area contributed by atoms with E-state index < -0.39 is 0 Å². The van der Waals surface area contributed by atoms with Gasteiger partial charge < -0.3 is 11.1 Å². The standard InChI is InChI=1S/C10H11ClN4OS.C6H6/c1-6(14-15-10(12)17)9-7(11)3-2-4-8(9)13-5-16;1-2-4-6-5-3-1/h2-5H,1H3,(H,13,16)(H3,12,15,17);1-6H/b14-6+;. The minimum absolute atomic E-state index is 0.0568. The van der Waals surface area contributed by atoms with Gasteiger partial charge in [0.15, 0.2) is 5.11 Å². The van der Waals surface area contributed by atoms with Gasteiger partial charge in [-0.3, -0.25) is 10.2 Å². The summed E-state index contributed by atoms with van der Waals surface area (Å²) in [5, 5.41) is 7.04. The molecule has 7 heteroatoms. The van der Waals surface area contributed by atoms with E-state index in [1.165, 1.54) is 0 Å². The Bertz CT molecular complexity index is 650. The number of carbonyl (C=O) groups excluding carboxylic acids is 1. The van der Waals surface area contributed by atoms with E-state index in [1.807, 2.05) is 36.4 Å². The molecular weight excluding hydrogens is 332 g/mol. The van der Waals surface area contributed by atoms with Crippen molar-refractivity contribution in [2.45, 2.75) is 6.92 Å². The first kappa shape index (κ1) is 18.6. The normalized spacial score (nSPS) is 10.1. The van der Waals surface area contributed by atoms with Gasteiger partial charge >= 0.3 is 0 Å². The minimum atomic E-state index is 0.0568. The Kier molecular flexibility index (Phi) is 8.34. The van der Waals surface area contributed by atoms with Gasteiger partial charge in [-0.25, -0.2) is 0 Å². The summed E-state index contributed by atoms with van der Waals surface area (Å²) in [5.41, 5.74) is 9.47. The highest BCUT2D eigenvalue weighted by atomic mass is 35.5. The summed E-state index contributed by atoms with van der Waals surface area (Å²) < 4.78 is 0. The molecule has 0 aliphatic heterocycles. The minimum Gasteiger partial charge on any atom is -0.375 e. The van der Waals surface area contributed by atoms with Gasteiger partial charge in [-0.15, -0.1) is 0 Å². The largest absolute Gasteiger partial charge is 0.375 e. The van der Waals surface area contributed by atoms with Crippen LogP contribution in [0.15, 0.2) is 59.7 Å². The highest BCUT2D eigenvalue weighted by Gasteiger charge is 2.09. The predicted octanol–water partition coefficient (Wildman–Crippen LogP) is 3.15. The Labute approximate surface area is 145 Å². The van der Waals surface area contributed by atoms with Gasteiger partial charge in [0.25, 0.3) is 0 Å². The van der Waals surface area contributed by atoms with Crippen molar-refractivity contribution in [2.24, 2.45) is 10.8 Å². The molecule has 0 bridgehead atoms. The molecule has 0 heterocycles. The molecule has 23 heavy (non-hydrogen) atoms. The Balaban J connectivity index is 0.000000366. The third kappa shape index (κ3) is 6.90. The smallest absolute Gasteiger partial charge is 0.211 e. The zero-order chi connectivity index (χ0) is 17.1. The van der Waals surface area contributed by atoms with Gasteiger partial charge in [-0.2, -0.15) is 5.10 Å². The van der Waals surface area contributed by atoms with Crippen molar-refractivity contribution in [3.8, 4) is 0 Å². The van der Waals surface area contributed by atoms with Gasteiger partial charge in [0, 0.05) is 5.56 Å². The maximum atomic E-state index is 10.5. The fourth-order valence-electron chi connectivity index (χ4n) is 1.66. The molecule has 1 amide bonds. The number of nitrogens with zero attached hydrogens (tertiary/aromatic N) is 1. The fourth-order valence-corrected chi connectivity index (χ4v) is 2.01. The second-order valence-corrected chi connectivity index (χ2v) is 5.10. The van der Waals surface area contributed by atoms with Crippen LogP contribution in [-0.2, 0) is 4.79 Å². The van der Waals surface area contributed by atoms with Crippen molar-refractivity contribution < 1.29 is 4.79 Å². The summed E-state index contributed by atoms with van der Waals surface area (Å²) in [5.74, 6) is 0. The number of nitrogens with one attached hydrogen (secondary N) is 2. The lowest BCUT2D eigenvalue weighted by Crippen LogP contribution is -2.25. The summed E-state index contributed by atoms with van der Waals surface area (Å²) in [4.78, 5) is 10.5. The molecule has 0 fully saturated rings. The molecule has 5 nitrogen and oxygen atoms in total. The molecule has 2 rings (SSSR count). The number of rotatable bonds is 4. The molecule has 0 aliphatic carbocycles. The van der Waals surface area contributed by atoms with E-state index in [-0.39, 0.29) is 5.11 Å². The Hall–Kier alpha value is -2.44. The summed E-state index contributed by atoms with van der Waals surface area (Å²) in [6, 6.07) is 17.1. The number of anilines is 1. The van der Waals surface area contributed by atoms with Crippen molar-refractivity contribution in [1.82, 2.24) is 5.43 Å². The first-order valence-electron chi connectivity index (χ1n) is 6.65. The van der Waals surface area contributed by atoms with Gasteiger partial charge in [0.05, 0.1) is 16.4 Å². The van der Waals surface area contributed by atoms with Gasteiger partial charge in [-0.05, 0) is 31.3 Å². The zero-order valence-corrected chi connectivity index (χ0v) is 14.1. The maximum absolute atomic E-state index is 10.5. The number of hydrogen-bond donors (Lipinski definition) is 3. The van der Waals surface area contributed by atoms with Crippen molar-refractivity contribution >= 4 is 46.7 Å². The lowest BCUT2D eigenvalue weighted by Gasteiger charge is -2.10. The van der Waals surface area contributed by atoms with Crippen molar-refractivity contribution in [3.63, 3.8) is 0 Å². The predicted molar refractivity (Wildman–Crippen MR) is 99.7 cm³/mol. The number of thiocarbonyl (C=S) groups is 1. The van der Waals surface area contributed by atoms with E-state index in [0.29, 0.717) is 28.4 Å². The van der Waals surface area contributed by atoms with E-state index in [4.69, 9.17) is 17.3 Å². The number of hydrazone groups is 1. The van der Waals surface area contributed by atoms with Crippen LogP contribution in [0.25, 0.3) is 0 Å². The number of benzene rings is 2. The average molecular weight is 349 g/mol. The van der Waals surface area contributed by atoms with Gasteiger partial charge in [0.1, 0.15) is 0 Å². The fraction of sp³-hybridized carbons (Fsp3) is 0.0625. The average Bonchev–Trinajstić information content (AvgIpc) is 2.55. The van der Waals surface area contributed by atoms with E-state index in [1.54, 1.807) is 25.1 Å². The molecule has 0 saturated heterocycles. The van der Waals surface area contributed by atoms with Crippen LogP contribution in [0.3, 0.4) is 0 Å². The highest BCUT2D eigenvalue weighted by molar-refractivity contribution is 7.80. The molecule has 0 radical (unpaired) electrons. The van der Waals surface area contributed by atoms with Crippen LogP contribution in [-0.4, -0.2) is 17.2 Å². The quantitative estimate of drug-likeness (QED) is 0.343. The van der Waals surface area contributed by atoms with Crippen LogP contribution < -0.4 is 16.5 Å². The third-order valence-electron chi connectivity index (χ3n) is 2.59. The highest BCUT2D eigenvalue weighted by Crippen LogP contribution is 2.24. The summed E-state index contributed by atoms with van der Waals surface area (Å²) in [7, 11) is 0. The number of hydrogen-bond acceptors (Lipinski definition) is 3. The lowest BCUT2D eigenvalue weighted by atomic mass is 10.1. The van der Waals surface area contributed by atoms with Gasteiger partial charge in [0.2, 0.25) is 6.41 Å². The summed E-state index contributed by atoms with van der Waals surface area (Å²) >= 11 is 10.7. The molecule has 0 aliphatic rings. The zero-order valence-electron chi connectivity index (χ0n) is 12.5. The van der Waals surface area contributed by atoms with Crippen LogP contribution in [0, 0.1) is 0 Å². The Morgan fingerprint density at radius 1 is 1.17 bits per heavy atom. The molecule has 4 N–H and O–H groups in total. The Morgan fingerprint density at radius 2 is 1.74 bits per heavy atom. The number of carbonyl (C=O) groups is 1. The van der Waals surface area contributed by atoms with E-state index >= 15 is 0 Å². The van der Waals surface area contributed by atoms with E-state index in [2.05, 4.69) is 28.1 Å². The van der Waals surface area contributed by atoms with Crippen LogP contribution >= 0.6 is 23.8 Å². The molecule has 0 aromatic heterocycles. The van der Waals surface area contributed by atoms with Crippen molar-refractivity contribution in [1.29, 1.82) is 0 Å². The molecule has 2 aromatic rings. The molecule has 0 atom stereocenters. The number of halogens is 1. The van der Waals surface area contributed by atoms with E-state index in [9.17, 15) is 4.79 Å². The summed E-state index contributed by atoms with van der Waals surface area (Å²) in [6.45, 7) is 1.72. The molecule has 0 saturated carbocycles. The Morgan fingerprint density at radius 3 is 2.22 bits per heavy atom. The second kappa shape index (κ2) is 10.3. The molecule has 2 aromatic carbocycles. The first-order chi connectivity index (χ1) is 11.1. The molecule has 120 valence electrons. The van der Waals surface area contributed by atoms with Crippen LogP contribution in [0.5, 0.6) is 0 Å². The van der Waals surface area contributed by atoms with Crippen LogP contribution in [0.4, 0.5) is 5.69 Å². The topological polar surface area (TPSA) is 79.5 Å².